The third kappa shape index (κ3) is 3.48. The molecular weight excluding hydrogens is 378 g/mol. The highest BCUT2D eigenvalue weighted by Crippen LogP contribution is 2.27. The van der Waals surface area contributed by atoms with Crippen LogP contribution in [0, 0.1) is 0 Å². The van der Waals surface area contributed by atoms with E-state index in [4.69, 9.17) is 9.15 Å². The molecule has 0 saturated carbocycles. The molecule has 1 aromatic carbocycles. The first-order valence-electron chi connectivity index (χ1n) is 8.92. The van der Waals surface area contributed by atoms with Gasteiger partial charge in [0.05, 0.1) is 24.4 Å². The summed E-state index contributed by atoms with van der Waals surface area (Å²) in [6, 6.07) is 9.54. The van der Waals surface area contributed by atoms with E-state index in [1.165, 1.54) is 11.3 Å². The summed E-state index contributed by atoms with van der Waals surface area (Å²) < 4.78 is 12.7. The zero-order valence-electron chi connectivity index (χ0n) is 15.5. The molecule has 0 saturated heterocycles. The van der Waals surface area contributed by atoms with Crippen LogP contribution in [0.1, 0.15) is 30.1 Å². The highest BCUT2D eigenvalue weighted by Gasteiger charge is 2.16. The highest BCUT2D eigenvalue weighted by molar-refractivity contribution is 7.18. The van der Waals surface area contributed by atoms with Gasteiger partial charge < -0.3 is 9.15 Å². The number of aryl methyl sites for hydroxylation is 1. The van der Waals surface area contributed by atoms with Crippen LogP contribution in [0.25, 0.3) is 21.8 Å². The van der Waals surface area contributed by atoms with Gasteiger partial charge in [0.2, 0.25) is 5.13 Å². The number of rotatable bonds is 7. The standard InChI is InChI=1S/C19H19N5O3S/c1-3-4-9-24-14-8-7-12(11-13(14)20-19(24)26-2)16(25)21-18-23-22-17(28-18)15-6-5-10-27-15/h5-8,10-11H,3-4,9H2,1-2H3,(H,21,23,25). The molecule has 0 fully saturated rings. The van der Waals surface area contributed by atoms with Gasteiger partial charge in [-0.25, -0.2) is 0 Å². The minimum atomic E-state index is -0.272. The number of imidazole rings is 1. The molecule has 0 aliphatic carbocycles. The van der Waals surface area contributed by atoms with E-state index in [2.05, 4.69) is 27.4 Å². The van der Waals surface area contributed by atoms with Crippen molar-refractivity contribution in [3.8, 4) is 16.8 Å². The van der Waals surface area contributed by atoms with Gasteiger partial charge in [-0.05, 0) is 36.8 Å². The summed E-state index contributed by atoms with van der Waals surface area (Å²) >= 11 is 1.25. The van der Waals surface area contributed by atoms with Gasteiger partial charge in [0, 0.05) is 12.1 Å². The van der Waals surface area contributed by atoms with E-state index in [9.17, 15) is 4.79 Å². The molecule has 28 heavy (non-hydrogen) atoms. The predicted molar refractivity (Wildman–Crippen MR) is 107 cm³/mol. The predicted octanol–water partition coefficient (Wildman–Crippen LogP) is 4.21. The molecule has 3 aromatic heterocycles. The van der Waals surface area contributed by atoms with Crippen molar-refractivity contribution in [1.82, 2.24) is 19.7 Å². The van der Waals surface area contributed by atoms with E-state index in [0.29, 0.717) is 33.0 Å². The van der Waals surface area contributed by atoms with E-state index in [-0.39, 0.29) is 5.91 Å². The van der Waals surface area contributed by atoms with Gasteiger partial charge in [-0.15, -0.1) is 10.2 Å². The molecule has 3 heterocycles. The Morgan fingerprint density at radius 1 is 1.32 bits per heavy atom. The highest BCUT2D eigenvalue weighted by atomic mass is 32.1. The lowest BCUT2D eigenvalue weighted by Crippen LogP contribution is -2.11. The lowest BCUT2D eigenvalue weighted by Gasteiger charge is -2.06. The number of unbranched alkanes of at least 4 members (excludes halogenated alkanes) is 1. The van der Waals surface area contributed by atoms with E-state index in [0.717, 1.165) is 24.9 Å². The number of carbonyl (C=O) groups is 1. The van der Waals surface area contributed by atoms with Gasteiger partial charge in [-0.1, -0.05) is 24.7 Å². The minimum Gasteiger partial charge on any atom is -0.468 e. The fraction of sp³-hybridized carbons (Fsp3) is 0.263. The van der Waals surface area contributed by atoms with Crippen LogP contribution >= 0.6 is 11.3 Å². The van der Waals surface area contributed by atoms with Crippen molar-refractivity contribution >= 4 is 33.4 Å². The maximum absolute atomic E-state index is 12.6. The van der Waals surface area contributed by atoms with Crippen LogP contribution in [-0.4, -0.2) is 32.8 Å². The van der Waals surface area contributed by atoms with Crippen molar-refractivity contribution in [1.29, 1.82) is 0 Å². The number of hydrogen-bond donors (Lipinski definition) is 1. The van der Waals surface area contributed by atoms with Gasteiger partial charge in [0.1, 0.15) is 0 Å². The molecule has 4 rings (SSSR count). The van der Waals surface area contributed by atoms with Crippen LogP contribution in [0.3, 0.4) is 0 Å². The number of amides is 1. The summed E-state index contributed by atoms with van der Waals surface area (Å²) in [7, 11) is 1.60. The molecule has 144 valence electrons. The molecule has 0 aliphatic rings. The number of nitrogens with one attached hydrogen (secondary N) is 1. The molecule has 9 heteroatoms. The Labute approximate surface area is 165 Å². The maximum Gasteiger partial charge on any atom is 0.297 e. The van der Waals surface area contributed by atoms with Gasteiger partial charge in [0.25, 0.3) is 11.9 Å². The van der Waals surface area contributed by atoms with Crippen LogP contribution in [0.5, 0.6) is 6.01 Å². The molecular formula is C19H19N5O3S. The summed E-state index contributed by atoms with van der Waals surface area (Å²) in [4.78, 5) is 17.1. The monoisotopic (exact) mass is 397 g/mol. The zero-order valence-corrected chi connectivity index (χ0v) is 16.3. The summed E-state index contributed by atoms with van der Waals surface area (Å²) in [5.74, 6) is 0.343. The number of nitrogens with zero attached hydrogens (tertiary/aromatic N) is 4. The molecule has 0 unspecified atom stereocenters. The number of carbonyl (C=O) groups excluding carboxylic acids is 1. The summed E-state index contributed by atoms with van der Waals surface area (Å²) in [5.41, 5.74) is 2.15. The second kappa shape index (κ2) is 7.81. The molecule has 1 amide bonds. The lowest BCUT2D eigenvalue weighted by molar-refractivity contribution is 0.102. The third-order valence-corrected chi connectivity index (χ3v) is 5.12. The van der Waals surface area contributed by atoms with Gasteiger partial charge >= 0.3 is 0 Å². The number of furan rings is 1. The first-order chi connectivity index (χ1) is 13.7. The SMILES string of the molecule is CCCCn1c(OC)nc2cc(C(=O)Nc3nnc(-c4ccco4)s3)ccc21. The molecule has 1 N–H and O–H groups in total. The van der Waals surface area contributed by atoms with Crippen LogP contribution in [0.4, 0.5) is 5.13 Å². The average Bonchev–Trinajstić information content (AvgIpc) is 3.44. The van der Waals surface area contributed by atoms with E-state index in [1.807, 2.05) is 10.6 Å². The van der Waals surface area contributed by atoms with Crippen molar-refractivity contribution in [3.63, 3.8) is 0 Å². The van der Waals surface area contributed by atoms with Crippen molar-refractivity contribution in [3.05, 3.63) is 42.2 Å². The van der Waals surface area contributed by atoms with Crippen molar-refractivity contribution < 1.29 is 13.9 Å². The fourth-order valence-corrected chi connectivity index (χ4v) is 3.59. The zero-order chi connectivity index (χ0) is 19.5. The Morgan fingerprint density at radius 2 is 2.21 bits per heavy atom. The van der Waals surface area contributed by atoms with Gasteiger partial charge in [-0.2, -0.15) is 4.98 Å². The quantitative estimate of drug-likeness (QED) is 0.502. The second-order valence-corrected chi connectivity index (χ2v) is 7.13. The number of hydrogen-bond acceptors (Lipinski definition) is 7. The number of benzene rings is 1. The number of methoxy groups -OCH3 is 1. The van der Waals surface area contributed by atoms with Crippen molar-refractivity contribution in [2.45, 2.75) is 26.3 Å². The smallest absolute Gasteiger partial charge is 0.297 e. The van der Waals surface area contributed by atoms with Crippen LogP contribution in [-0.2, 0) is 6.54 Å². The van der Waals surface area contributed by atoms with Crippen LogP contribution < -0.4 is 10.1 Å². The summed E-state index contributed by atoms with van der Waals surface area (Å²) in [6.07, 6.45) is 3.67. The molecule has 8 nitrogen and oxygen atoms in total. The number of fused-ring (bicyclic) bond motifs is 1. The Bertz CT molecular complexity index is 1100. The summed E-state index contributed by atoms with van der Waals surface area (Å²) in [6.45, 7) is 2.96. The minimum absolute atomic E-state index is 0.272. The Hall–Kier alpha value is -3.20. The van der Waals surface area contributed by atoms with E-state index >= 15 is 0 Å². The summed E-state index contributed by atoms with van der Waals surface area (Å²) in [5, 5.41) is 11.8. The first-order valence-corrected chi connectivity index (χ1v) is 9.74. The fourth-order valence-electron chi connectivity index (χ4n) is 2.88. The van der Waals surface area contributed by atoms with Gasteiger partial charge in [0.15, 0.2) is 10.8 Å². The van der Waals surface area contributed by atoms with E-state index in [1.54, 1.807) is 37.6 Å². The Balaban J connectivity index is 1.56. The maximum atomic E-state index is 12.6. The molecule has 4 aromatic rings. The third-order valence-electron chi connectivity index (χ3n) is 4.27. The van der Waals surface area contributed by atoms with E-state index < -0.39 is 0 Å². The Kier molecular flexibility index (Phi) is 5.07. The molecule has 0 aliphatic heterocycles. The second-order valence-electron chi connectivity index (χ2n) is 6.15. The molecule has 0 spiro atoms. The molecule has 0 bridgehead atoms. The normalized spacial score (nSPS) is 11.1. The largest absolute Gasteiger partial charge is 0.468 e. The lowest BCUT2D eigenvalue weighted by atomic mass is 10.2. The van der Waals surface area contributed by atoms with Crippen LogP contribution in [0.2, 0.25) is 0 Å². The Morgan fingerprint density at radius 3 is 2.96 bits per heavy atom. The number of aromatic nitrogens is 4. The number of anilines is 1. The molecule has 0 radical (unpaired) electrons. The van der Waals surface area contributed by atoms with Crippen molar-refractivity contribution in [2.24, 2.45) is 0 Å². The first kappa shape index (κ1) is 18.2. The molecule has 0 atom stereocenters. The van der Waals surface area contributed by atoms with Crippen molar-refractivity contribution in [2.75, 3.05) is 12.4 Å². The average molecular weight is 397 g/mol. The number of ether oxygens (including phenoxy) is 1. The van der Waals surface area contributed by atoms with Gasteiger partial charge in [-0.3, -0.25) is 14.7 Å². The topological polar surface area (TPSA) is 95.1 Å². The van der Waals surface area contributed by atoms with Crippen LogP contribution in [0.15, 0.2) is 41.0 Å².